The highest BCUT2D eigenvalue weighted by molar-refractivity contribution is 6.02. The quantitative estimate of drug-likeness (QED) is 0.156. The van der Waals surface area contributed by atoms with E-state index in [2.05, 4.69) is 15.6 Å². The Morgan fingerprint density at radius 2 is 1.64 bits per heavy atom. The Balaban J connectivity index is 0.000000389. The molecule has 0 aliphatic rings. The van der Waals surface area contributed by atoms with Crippen LogP contribution in [0.25, 0.3) is 10.9 Å². The molecular weight excluding hydrogens is 555 g/mol. The Morgan fingerprint density at radius 1 is 1.02 bits per heavy atom. The molecule has 3 amide bonds. The third-order valence-corrected chi connectivity index (χ3v) is 5.95. The number of halogens is 3. The largest absolute Gasteiger partial charge is 0.416 e. The Bertz CT molecular complexity index is 1350. The highest BCUT2D eigenvalue weighted by Crippen LogP contribution is 2.29. The van der Waals surface area contributed by atoms with Crippen molar-refractivity contribution >= 4 is 40.6 Å². The van der Waals surface area contributed by atoms with Crippen molar-refractivity contribution < 1.29 is 32.3 Å². The fraction of sp³-hybridized carbons (Fsp3) is 0.321. The number of carbonyl (C=O) groups excluding carboxylic acids is 4. The van der Waals surface area contributed by atoms with Crippen molar-refractivity contribution in [1.29, 1.82) is 0 Å². The first-order valence-corrected chi connectivity index (χ1v) is 12.9. The molecule has 0 bridgehead atoms. The van der Waals surface area contributed by atoms with Crippen LogP contribution in [-0.2, 0) is 20.6 Å². The second-order valence-corrected chi connectivity index (χ2v) is 9.12. The summed E-state index contributed by atoms with van der Waals surface area (Å²) in [4.78, 5) is 52.4. The molecule has 0 radical (unpaired) electrons. The van der Waals surface area contributed by atoms with Gasteiger partial charge in [-0.3, -0.25) is 24.2 Å². The van der Waals surface area contributed by atoms with Gasteiger partial charge in [0.1, 0.15) is 0 Å². The molecule has 0 saturated heterocycles. The Hall–Kier alpha value is -4.40. The van der Waals surface area contributed by atoms with Gasteiger partial charge in [0.05, 0.1) is 41.5 Å². The number of hydrogen-bond donors (Lipinski definition) is 5. The summed E-state index contributed by atoms with van der Waals surface area (Å²) in [6.07, 6.45) is -2.53. The molecule has 0 saturated carbocycles. The van der Waals surface area contributed by atoms with Gasteiger partial charge < -0.3 is 32.7 Å². The van der Waals surface area contributed by atoms with Crippen LogP contribution in [0.3, 0.4) is 0 Å². The molecule has 0 aliphatic heterocycles. The molecule has 3 aromatic rings. The first-order valence-electron chi connectivity index (χ1n) is 12.9. The SMILES string of the molecule is CC(NC(=O)C(N)CC(=O)N(CCN)CCN)C(=O)c1ccc(C(F)(F)F)cc1.O=CNc1cnc2ccccc2c1. The van der Waals surface area contributed by atoms with Crippen molar-refractivity contribution in [3.8, 4) is 0 Å². The minimum Gasteiger partial charge on any atom is -0.345 e. The van der Waals surface area contributed by atoms with Crippen molar-refractivity contribution in [3.05, 3.63) is 71.9 Å². The topological polar surface area (TPSA) is 187 Å². The first-order chi connectivity index (χ1) is 19.9. The monoisotopic (exact) mass is 589 g/mol. The number of alkyl halides is 3. The molecule has 0 fully saturated rings. The molecule has 0 aliphatic carbocycles. The number of hydrogen-bond acceptors (Lipinski definition) is 8. The van der Waals surface area contributed by atoms with Gasteiger partial charge in [-0.25, -0.2) is 0 Å². The molecule has 11 nitrogen and oxygen atoms in total. The minimum absolute atomic E-state index is 0.00696. The van der Waals surface area contributed by atoms with Crippen LogP contribution in [0.2, 0.25) is 0 Å². The summed E-state index contributed by atoms with van der Waals surface area (Å²) in [6.45, 7) is 2.37. The van der Waals surface area contributed by atoms with E-state index in [9.17, 15) is 32.3 Å². The summed E-state index contributed by atoms with van der Waals surface area (Å²) < 4.78 is 37.8. The molecule has 1 aromatic heterocycles. The van der Waals surface area contributed by atoms with Crippen LogP contribution in [0, 0.1) is 0 Å². The molecule has 8 N–H and O–H groups in total. The van der Waals surface area contributed by atoms with Gasteiger partial charge in [0.15, 0.2) is 5.78 Å². The zero-order valence-electron chi connectivity index (χ0n) is 22.9. The van der Waals surface area contributed by atoms with E-state index in [1.54, 1.807) is 6.20 Å². The average molecular weight is 590 g/mol. The molecule has 14 heteroatoms. The lowest BCUT2D eigenvalue weighted by molar-refractivity contribution is -0.137. The van der Waals surface area contributed by atoms with E-state index >= 15 is 0 Å². The van der Waals surface area contributed by atoms with Gasteiger partial charge in [0, 0.05) is 37.1 Å². The van der Waals surface area contributed by atoms with Crippen LogP contribution in [0.1, 0.15) is 29.3 Å². The van der Waals surface area contributed by atoms with Crippen LogP contribution in [-0.4, -0.2) is 72.2 Å². The van der Waals surface area contributed by atoms with Crippen molar-refractivity contribution in [2.24, 2.45) is 17.2 Å². The molecule has 0 spiro atoms. The van der Waals surface area contributed by atoms with E-state index in [1.807, 2.05) is 30.3 Å². The molecule has 2 atom stereocenters. The van der Waals surface area contributed by atoms with Crippen LogP contribution in [0.4, 0.5) is 18.9 Å². The Kier molecular flexibility index (Phi) is 13.0. The van der Waals surface area contributed by atoms with Crippen LogP contribution in [0.15, 0.2) is 60.8 Å². The van der Waals surface area contributed by atoms with Gasteiger partial charge in [-0.15, -0.1) is 0 Å². The van der Waals surface area contributed by atoms with Crippen molar-refractivity contribution in [3.63, 3.8) is 0 Å². The number of nitrogens with one attached hydrogen (secondary N) is 2. The van der Waals surface area contributed by atoms with E-state index in [0.717, 1.165) is 35.2 Å². The lowest BCUT2D eigenvalue weighted by Crippen LogP contribution is -2.50. The molecule has 42 heavy (non-hydrogen) atoms. The Labute approximate surface area is 240 Å². The minimum atomic E-state index is -4.51. The number of benzene rings is 2. The maximum Gasteiger partial charge on any atom is 0.416 e. The predicted molar refractivity (Wildman–Crippen MR) is 152 cm³/mol. The highest BCUT2D eigenvalue weighted by Gasteiger charge is 2.31. The van der Waals surface area contributed by atoms with E-state index in [4.69, 9.17) is 17.2 Å². The number of ketones is 1. The number of para-hydroxylation sites is 1. The number of aromatic nitrogens is 1. The van der Waals surface area contributed by atoms with E-state index in [0.29, 0.717) is 12.1 Å². The summed E-state index contributed by atoms with van der Waals surface area (Å²) in [6, 6.07) is 11.0. The van der Waals surface area contributed by atoms with E-state index < -0.39 is 41.4 Å². The number of Topliss-reactive ketones (excluding diaryl/α,β-unsaturated/α-hetero) is 1. The van der Waals surface area contributed by atoms with Gasteiger partial charge in [0.2, 0.25) is 18.2 Å². The fourth-order valence-electron chi connectivity index (χ4n) is 3.76. The zero-order chi connectivity index (χ0) is 31.3. The third kappa shape index (κ3) is 10.2. The molecular formula is C28H34F3N7O4. The highest BCUT2D eigenvalue weighted by atomic mass is 19.4. The Morgan fingerprint density at radius 3 is 2.21 bits per heavy atom. The van der Waals surface area contributed by atoms with Crippen molar-refractivity contribution in [1.82, 2.24) is 15.2 Å². The smallest absolute Gasteiger partial charge is 0.345 e. The first kappa shape index (κ1) is 33.8. The van der Waals surface area contributed by atoms with E-state index in [1.165, 1.54) is 11.8 Å². The number of anilines is 1. The number of pyridine rings is 1. The zero-order valence-corrected chi connectivity index (χ0v) is 22.9. The summed E-state index contributed by atoms with van der Waals surface area (Å²) in [5.41, 5.74) is 17.4. The number of nitrogens with two attached hydrogens (primary N) is 3. The number of fused-ring (bicyclic) bond motifs is 1. The molecule has 2 aromatic carbocycles. The molecule has 2 unspecified atom stereocenters. The van der Waals surface area contributed by atoms with Gasteiger partial charge >= 0.3 is 6.18 Å². The molecule has 226 valence electrons. The molecule has 1 heterocycles. The van der Waals surface area contributed by atoms with Gasteiger partial charge in [-0.2, -0.15) is 13.2 Å². The van der Waals surface area contributed by atoms with Crippen LogP contribution >= 0.6 is 0 Å². The van der Waals surface area contributed by atoms with E-state index in [-0.39, 0.29) is 38.2 Å². The normalized spacial score (nSPS) is 12.4. The predicted octanol–water partition coefficient (Wildman–Crippen LogP) is 1.66. The number of carbonyl (C=O) groups is 4. The van der Waals surface area contributed by atoms with Gasteiger partial charge in [-0.1, -0.05) is 30.3 Å². The second kappa shape index (κ2) is 16.1. The number of rotatable bonds is 12. The van der Waals surface area contributed by atoms with Crippen LogP contribution in [0.5, 0.6) is 0 Å². The summed E-state index contributed by atoms with van der Waals surface area (Å²) in [5.74, 6) is -1.71. The summed E-state index contributed by atoms with van der Waals surface area (Å²) in [7, 11) is 0. The standard InChI is InChI=1S/C18H26F3N5O3.C10H8N2O/c1-11(16(28)12-2-4-13(5-3-12)18(19,20)21)25-17(29)14(24)10-15(27)26(8-6-22)9-7-23;13-7-12-9-5-8-3-1-2-4-10(8)11-6-9/h2-5,11,14H,6-10,22-24H2,1H3,(H,25,29);1-7H,(H,12,13). The third-order valence-electron chi connectivity index (χ3n) is 5.95. The number of amides is 3. The molecule has 3 rings (SSSR count). The lowest BCUT2D eigenvalue weighted by atomic mass is 10.0. The van der Waals surface area contributed by atoms with Crippen molar-refractivity contribution in [2.75, 3.05) is 31.5 Å². The average Bonchev–Trinajstić information content (AvgIpc) is 2.96. The van der Waals surface area contributed by atoms with Crippen LogP contribution < -0.4 is 27.8 Å². The van der Waals surface area contributed by atoms with Crippen molar-refractivity contribution in [2.45, 2.75) is 31.6 Å². The maximum absolute atomic E-state index is 12.6. The van der Waals surface area contributed by atoms with Gasteiger partial charge in [0.25, 0.3) is 0 Å². The summed E-state index contributed by atoms with van der Waals surface area (Å²) >= 11 is 0. The fourth-order valence-corrected chi connectivity index (χ4v) is 3.76. The lowest BCUT2D eigenvalue weighted by Gasteiger charge is -2.23. The number of nitrogens with zero attached hydrogens (tertiary/aromatic N) is 2. The van der Waals surface area contributed by atoms with Gasteiger partial charge in [-0.05, 0) is 31.2 Å². The summed E-state index contributed by atoms with van der Waals surface area (Å²) in [5, 5.41) is 5.95. The maximum atomic E-state index is 12.6. The second-order valence-electron chi connectivity index (χ2n) is 9.12.